The smallest absolute Gasteiger partial charge is 0.271 e. The number of carbonyl (C=O) groups excluding carboxylic acids is 1. The molecule has 0 saturated heterocycles. The molecule has 1 heterocycles. The summed E-state index contributed by atoms with van der Waals surface area (Å²) in [6, 6.07) is 0.211. The van der Waals surface area contributed by atoms with Crippen LogP contribution in [0.25, 0.3) is 0 Å². The lowest BCUT2D eigenvalue weighted by molar-refractivity contribution is 0.0903. The Bertz CT molecular complexity index is 393. The number of hydrogen-bond donors (Lipinski definition) is 2. The van der Waals surface area contributed by atoms with E-state index >= 15 is 0 Å². The van der Waals surface area contributed by atoms with E-state index in [0.29, 0.717) is 18.2 Å². The molecule has 2 unspecified atom stereocenters. The van der Waals surface area contributed by atoms with Crippen molar-refractivity contribution in [3.63, 3.8) is 0 Å². The Morgan fingerprint density at radius 3 is 2.89 bits per heavy atom. The summed E-state index contributed by atoms with van der Waals surface area (Å²) in [6.45, 7) is 0.646. The maximum absolute atomic E-state index is 12.0. The molecule has 5 nitrogen and oxygen atoms in total. The molecule has 0 radical (unpaired) electrons. The van der Waals surface area contributed by atoms with Gasteiger partial charge in [-0.1, -0.05) is 12.8 Å². The summed E-state index contributed by atoms with van der Waals surface area (Å²) in [5.74, 6) is 0.326. The topological polar surface area (TPSA) is 72.9 Å². The number of rotatable bonds is 3. The fraction of sp³-hybridized carbons (Fsp3) is 0.667. The summed E-state index contributed by atoms with van der Waals surface area (Å²) in [5.41, 5.74) is 6.22. The summed E-state index contributed by atoms with van der Waals surface area (Å²) in [5, 5.41) is 3.05. The van der Waals surface area contributed by atoms with Crippen molar-refractivity contribution in [1.82, 2.24) is 14.9 Å². The number of amides is 1. The molecular formula is C12H21ClN4O. The molecular weight excluding hydrogens is 252 g/mol. The predicted octanol–water partition coefficient (Wildman–Crippen LogP) is 1.09. The lowest BCUT2D eigenvalue weighted by atomic mass is 9.84. The molecule has 3 N–H and O–H groups in total. The van der Waals surface area contributed by atoms with Crippen LogP contribution in [0.3, 0.4) is 0 Å². The van der Waals surface area contributed by atoms with Crippen LogP contribution in [0.2, 0.25) is 0 Å². The first-order chi connectivity index (χ1) is 8.20. The third-order valence-electron chi connectivity index (χ3n) is 3.47. The van der Waals surface area contributed by atoms with Crippen LogP contribution in [0.5, 0.6) is 0 Å². The van der Waals surface area contributed by atoms with Gasteiger partial charge >= 0.3 is 0 Å². The van der Waals surface area contributed by atoms with Crippen LogP contribution in [0.4, 0.5) is 0 Å². The monoisotopic (exact) mass is 272 g/mol. The van der Waals surface area contributed by atoms with Crippen LogP contribution >= 0.6 is 12.4 Å². The van der Waals surface area contributed by atoms with Crippen molar-refractivity contribution >= 4 is 18.3 Å². The number of carbonyl (C=O) groups is 1. The number of nitrogens with one attached hydrogen (secondary N) is 1. The minimum atomic E-state index is -0.0871. The van der Waals surface area contributed by atoms with Crippen molar-refractivity contribution in [2.24, 2.45) is 18.7 Å². The highest BCUT2D eigenvalue weighted by Gasteiger charge is 2.26. The van der Waals surface area contributed by atoms with Crippen molar-refractivity contribution in [1.29, 1.82) is 0 Å². The Morgan fingerprint density at radius 2 is 2.28 bits per heavy atom. The summed E-state index contributed by atoms with van der Waals surface area (Å²) >= 11 is 0. The second kappa shape index (κ2) is 6.75. The average molecular weight is 273 g/mol. The van der Waals surface area contributed by atoms with Crippen molar-refractivity contribution in [2.75, 3.05) is 6.54 Å². The highest BCUT2D eigenvalue weighted by atomic mass is 35.5. The van der Waals surface area contributed by atoms with Crippen LogP contribution in [0.15, 0.2) is 12.5 Å². The number of aromatic nitrogens is 2. The summed E-state index contributed by atoms with van der Waals surface area (Å²) in [7, 11) is 1.85. The molecule has 1 aliphatic rings. The zero-order chi connectivity index (χ0) is 12.3. The van der Waals surface area contributed by atoms with Gasteiger partial charge in [0.1, 0.15) is 5.69 Å². The fourth-order valence-electron chi connectivity index (χ4n) is 2.45. The average Bonchev–Trinajstić information content (AvgIpc) is 2.77. The van der Waals surface area contributed by atoms with Gasteiger partial charge in [-0.3, -0.25) is 4.79 Å². The van der Waals surface area contributed by atoms with E-state index in [-0.39, 0.29) is 24.4 Å². The first-order valence-electron chi connectivity index (χ1n) is 6.19. The molecule has 102 valence electrons. The Labute approximate surface area is 114 Å². The van der Waals surface area contributed by atoms with Crippen LogP contribution < -0.4 is 11.1 Å². The Hall–Kier alpha value is -1.07. The molecule has 1 saturated carbocycles. The van der Waals surface area contributed by atoms with Gasteiger partial charge in [0.15, 0.2) is 0 Å². The van der Waals surface area contributed by atoms with E-state index in [9.17, 15) is 4.79 Å². The second-order valence-electron chi connectivity index (χ2n) is 4.78. The van der Waals surface area contributed by atoms with Crippen molar-refractivity contribution in [3.8, 4) is 0 Å². The third kappa shape index (κ3) is 3.46. The molecule has 1 aromatic rings. The Balaban J connectivity index is 0.00000162. The van der Waals surface area contributed by atoms with E-state index in [2.05, 4.69) is 10.3 Å². The first kappa shape index (κ1) is 15.0. The van der Waals surface area contributed by atoms with Gasteiger partial charge in [-0.15, -0.1) is 12.4 Å². The van der Waals surface area contributed by atoms with Gasteiger partial charge in [0, 0.05) is 19.3 Å². The van der Waals surface area contributed by atoms with Crippen molar-refractivity contribution in [2.45, 2.75) is 31.7 Å². The minimum Gasteiger partial charge on any atom is -0.348 e. The zero-order valence-corrected chi connectivity index (χ0v) is 11.4. The van der Waals surface area contributed by atoms with Gasteiger partial charge in [0.05, 0.1) is 6.33 Å². The lowest BCUT2D eigenvalue weighted by Gasteiger charge is -2.31. The van der Waals surface area contributed by atoms with Crippen molar-refractivity contribution in [3.05, 3.63) is 18.2 Å². The molecule has 1 fully saturated rings. The molecule has 0 aliphatic heterocycles. The molecule has 0 spiro atoms. The fourth-order valence-corrected chi connectivity index (χ4v) is 2.45. The van der Waals surface area contributed by atoms with E-state index in [1.165, 1.54) is 12.8 Å². The van der Waals surface area contributed by atoms with E-state index < -0.39 is 0 Å². The molecule has 2 atom stereocenters. The minimum absolute atomic E-state index is 0. The van der Waals surface area contributed by atoms with Crippen LogP contribution in [-0.2, 0) is 7.05 Å². The van der Waals surface area contributed by atoms with E-state index in [4.69, 9.17) is 5.73 Å². The number of aryl methyl sites for hydroxylation is 1. The Morgan fingerprint density at radius 1 is 1.56 bits per heavy atom. The van der Waals surface area contributed by atoms with Gasteiger partial charge in [-0.2, -0.15) is 0 Å². The summed E-state index contributed by atoms with van der Waals surface area (Å²) in [6.07, 6.45) is 7.90. The lowest BCUT2D eigenvalue weighted by Crippen LogP contribution is -2.44. The molecule has 1 amide bonds. The number of hydrogen-bond acceptors (Lipinski definition) is 3. The van der Waals surface area contributed by atoms with Crippen LogP contribution in [-0.4, -0.2) is 28.0 Å². The standard InChI is InChI=1S/C12H20N4O.ClH/c1-16-7-11(14-8-16)12(17)15-10-5-3-2-4-9(10)6-13;/h7-10H,2-6,13H2,1H3,(H,15,17);1H. The van der Waals surface area contributed by atoms with E-state index in [0.717, 1.165) is 12.8 Å². The highest BCUT2D eigenvalue weighted by Crippen LogP contribution is 2.23. The van der Waals surface area contributed by atoms with Gasteiger partial charge in [-0.25, -0.2) is 4.98 Å². The summed E-state index contributed by atoms with van der Waals surface area (Å²) < 4.78 is 1.77. The largest absolute Gasteiger partial charge is 0.348 e. The van der Waals surface area contributed by atoms with Gasteiger partial charge in [0.2, 0.25) is 0 Å². The predicted molar refractivity (Wildman–Crippen MR) is 72.7 cm³/mol. The normalized spacial score (nSPS) is 23.2. The maximum atomic E-state index is 12.0. The molecule has 0 bridgehead atoms. The molecule has 6 heteroatoms. The quantitative estimate of drug-likeness (QED) is 0.865. The molecule has 0 aromatic carbocycles. The first-order valence-corrected chi connectivity index (χ1v) is 6.19. The van der Waals surface area contributed by atoms with Crippen LogP contribution in [0.1, 0.15) is 36.2 Å². The second-order valence-corrected chi connectivity index (χ2v) is 4.78. The number of nitrogens with two attached hydrogens (primary N) is 1. The molecule has 18 heavy (non-hydrogen) atoms. The highest BCUT2D eigenvalue weighted by molar-refractivity contribution is 5.92. The number of nitrogens with zero attached hydrogens (tertiary/aromatic N) is 2. The van der Waals surface area contributed by atoms with E-state index in [1.807, 2.05) is 7.05 Å². The molecule has 1 aromatic heterocycles. The molecule has 2 rings (SSSR count). The number of imidazole rings is 1. The zero-order valence-electron chi connectivity index (χ0n) is 10.6. The van der Waals surface area contributed by atoms with E-state index in [1.54, 1.807) is 17.1 Å². The SMILES string of the molecule is Cl.Cn1cnc(C(=O)NC2CCCCC2CN)c1. The summed E-state index contributed by atoms with van der Waals surface area (Å²) in [4.78, 5) is 16.0. The maximum Gasteiger partial charge on any atom is 0.271 e. The van der Waals surface area contributed by atoms with Gasteiger partial charge in [-0.05, 0) is 25.3 Å². The van der Waals surface area contributed by atoms with Gasteiger partial charge in [0.25, 0.3) is 5.91 Å². The van der Waals surface area contributed by atoms with Crippen molar-refractivity contribution < 1.29 is 4.79 Å². The molecule has 1 aliphatic carbocycles. The third-order valence-corrected chi connectivity index (χ3v) is 3.47. The number of halogens is 1. The van der Waals surface area contributed by atoms with Crippen LogP contribution in [0, 0.1) is 5.92 Å². The van der Waals surface area contributed by atoms with Gasteiger partial charge < -0.3 is 15.6 Å². The Kier molecular flexibility index (Phi) is 5.62.